The molecule has 0 aliphatic carbocycles. The van der Waals surface area contributed by atoms with Gasteiger partial charge in [-0.15, -0.1) is 0 Å². The third-order valence-electron chi connectivity index (χ3n) is 7.28. The molecule has 2 atom stereocenters. The van der Waals surface area contributed by atoms with E-state index < -0.39 is 76.3 Å². The van der Waals surface area contributed by atoms with Crippen LogP contribution in [0.15, 0.2) is 52.1 Å². The summed E-state index contributed by atoms with van der Waals surface area (Å²) in [6.45, 7) is 0.858. The topological polar surface area (TPSA) is 106 Å². The van der Waals surface area contributed by atoms with Crippen LogP contribution in [0.1, 0.15) is 50.6 Å². The lowest BCUT2D eigenvalue weighted by Gasteiger charge is -2.40. The standard InChI is InChI=1S/C28H25F7N4O4/c1-14-7-18(29)3-4-19(14)21-13-39(25(42)22-11-23(40)37-26(43)36-22)6-5-20(21)24(41)38(2)12-15-8-16(27(30,31)32)10-17(9-15)28(33,34)35/h3-4,7-11,20-21H,5-6,12-13H2,1-2H3,(H2,36,37,40,43). The molecule has 2 unspecified atom stereocenters. The fraction of sp³-hybridized carbons (Fsp3) is 0.357. The molecule has 4 rings (SSSR count). The molecule has 1 fully saturated rings. The predicted molar refractivity (Wildman–Crippen MR) is 138 cm³/mol. The lowest BCUT2D eigenvalue weighted by Crippen LogP contribution is -2.48. The van der Waals surface area contributed by atoms with Crippen LogP contribution in [0.3, 0.4) is 0 Å². The molecule has 1 aliphatic rings. The van der Waals surface area contributed by atoms with Gasteiger partial charge in [-0.25, -0.2) is 9.18 Å². The number of benzene rings is 2. The predicted octanol–water partition coefficient (Wildman–Crippen LogP) is 4.45. The average Bonchev–Trinajstić information content (AvgIpc) is 2.90. The number of rotatable bonds is 5. The molecule has 2 aromatic carbocycles. The normalized spacial score (nSPS) is 17.6. The number of piperidine rings is 1. The van der Waals surface area contributed by atoms with Gasteiger partial charge in [0.1, 0.15) is 11.5 Å². The Labute approximate surface area is 239 Å². The third-order valence-corrected chi connectivity index (χ3v) is 7.28. The van der Waals surface area contributed by atoms with Gasteiger partial charge in [-0.1, -0.05) is 6.07 Å². The number of carbonyl (C=O) groups excluding carboxylic acids is 2. The van der Waals surface area contributed by atoms with Crippen LogP contribution >= 0.6 is 0 Å². The van der Waals surface area contributed by atoms with Crippen molar-refractivity contribution in [1.29, 1.82) is 0 Å². The van der Waals surface area contributed by atoms with Gasteiger partial charge in [0.05, 0.1) is 11.1 Å². The maximum atomic E-state index is 13.9. The molecule has 0 bridgehead atoms. The molecular formula is C28H25F7N4O4. The van der Waals surface area contributed by atoms with Gasteiger partial charge in [0.2, 0.25) is 5.91 Å². The Hall–Kier alpha value is -4.43. The molecule has 2 heterocycles. The van der Waals surface area contributed by atoms with Crippen molar-refractivity contribution in [2.45, 2.75) is 38.2 Å². The number of nitrogens with one attached hydrogen (secondary N) is 2. The second kappa shape index (κ2) is 11.7. The van der Waals surface area contributed by atoms with Crippen molar-refractivity contribution in [3.63, 3.8) is 0 Å². The number of aromatic amines is 2. The van der Waals surface area contributed by atoms with Crippen LogP contribution in [0, 0.1) is 18.7 Å². The molecule has 3 aromatic rings. The molecule has 2 amide bonds. The van der Waals surface area contributed by atoms with Crippen LogP contribution in [-0.4, -0.2) is 51.7 Å². The fourth-order valence-corrected chi connectivity index (χ4v) is 5.30. The number of aromatic nitrogens is 2. The minimum Gasteiger partial charge on any atom is -0.341 e. The number of hydrogen-bond donors (Lipinski definition) is 2. The van der Waals surface area contributed by atoms with Crippen molar-refractivity contribution in [3.05, 3.63) is 103 Å². The summed E-state index contributed by atoms with van der Waals surface area (Å²) in [5.74, 6) is -3.55. The molecule has 43 heavy (non-hydrogen) atoms. The highest BCUT2D eigenvalue weighted by Gasteiger charge is 2.40. The first-order chi connectivity index (χ1) is 19.9. The van der Waals surface area contributed by atoms with Crippen LogP contribution in [0.4, 0.5) is 30.7 Å². The first-order valence-corrected chi connectivity index (χ1v) is 12.9. The summed E-state index contributed by atoms with van der Waals surface area (Å²) in [5.41, 5.74) is -4.50. The molecule has 0 spiro atoms. The van der Waals surface area contributed by atoms with Crippen LogP contribution < -0.4 is 11.2 Å². The molecular weight excluding hydrogens is 589 g/mol. The summed E-state index contributed by atoms with van der Waals surface area (Å²) in [6.07, 6.45) is -10.1. The zero-order valence-corrected chi connectivity index (χ0v) is 22.7. The number of alkyl halides is 6. The highest BCUT2D eigenvalue weighted by molar-refractivity contribution is 5.92. The van der Waals surface area contributed by atoms with Crippen LogP contribution in [0.25, 0.3) is 0 Å². The van der Waals surface area contributed by atoms with E-state index in [0.717, 1.165) is 17.0 Å². The van der Waals surface area contributed by atoms with Crippen molar-refractivity contribution in [3.8, 4) is 0 Å². The largest absolute Gasteiger partial charge is 0.416 e. The molecule has 1 aliphatic heterocycles. The smallest absolute Gasteiger partial charge is 0.341 e. The number of halogens is 7. The minimum atomic E-state index is -5.06. The molecule has 1 aromatic heterocycles. The Kier molecular flexibility index (Phi) is 8.56. The number of hydrogen-bond acceptors (Lipinski definition) is 4. The number of H-pyrrole nitrogens is 2. The SMILES string of the molecule is Cc1cc(F)ccc1C1CN(C(=O)c2cc(=O)[nH]c(=O)[nH]2)CCC1C(=O)N(C)Cc1cc(C(F)(F)F)cc(C(F)(F)F)c1. The van der Waals surface area contributed by atoms with Crippen molar-refractivity contribution in [2.24, 2.45) is 5.92 Å². The summed E-state index contributed by atoms with van der Waals surface area (Å²) in [6, 6.07) is 5.80. The number of amides is 2. The molecule has 1 saturated heterocycles. The van der Waals surface area contributed by atoms with E-state index in [-0.39, 0.29) is 31.3 Å². The van der Waals surface area contributed by atoms with Crippen molar-refractivity contribution < 1.29 is 40.3 Å². The number of aryl methyl sites for hydroxylation is 1. The van der Waals surface area contributed by atoms with Crippen LogP contribution in [0.2, 0.25) is 0 Å². The molecule has 15 heteroatoms. The zero-order chi connectivity index (χ0) is 31.9. The van der Waals surface area contributed by atoms with Gasteiger partial charge in [0.25, 0.3) is 11.5 Å². The Morgan fingerprint density at radius 3 is 2.14 bits per heavy atom. The maximum Gasteiger partial charge on any atom is 0.416 e. The summed E-state index contributed by atoms with van der Waals surface area (Å²) < 4.78 is 94.0. The number of carbonyl (C=O) groups is 2. The zero-order valence-electron chi connectivity index (χ0n) is 22.7. The van der Waals surface area contributed by atoms with E-state index in [4.69, 9.17) is 0 Å². The second-order valence-corrected chi connectivity index (χ2v) is 10.4. The van der Waals surface area contributed by atoms with E-state index in [1.807, 2.05) is 4.98 Å². The summed E-state index contributed by atoms with van der Waals surface area (Å²) in [7, 11) is 1.24. The summed E-state index contributed by atoms with van der Waals surface area (Å²) in [4.78, 5) is 56.7. The van der Waals surface area contributed by atoms with Gasteiger partial charge >= 0.3 is 18.0 Å². The first kappa shape index (κ1) is 31.5. The van der Waals surface area contributed by atoms with E-state index in [1.54, 1.807) is 6.92 Å². The Morgan fingerprint density at radius 1 is 0.953 bits per heavy atom. The summed E-state index contributed by atoms with van der Waals surface area (Å²) >= 11 is 0. The second-order valence-electron chi connectivity index (χ2n) is 10.4. The van der Waals surface area contributed by atoms with E-state index >= 15 is 0 Å². The van der Waals surface area contributed by atoms with Gasteiger partial charge in [-0.3, -0.25) is 19.4 Å². The van der Waals surface area contributed by atoms with Gasteiger partial charge < -0.3 is 14.8 Å². The van der Waals surface area contributed by atoms with Gasteiger partial charge in [-0.05, 0) is 60.4 Å². The van der Waals surface area contributed by atoms with Crippen molar-refractivity contribution >= 4 is 11.8 Å². The molecule has 230 valence electrons. The van der Waals surface area contributed by atoms with Gasteiger partial charge in [0.15, 0.2) is 0 Å². The van der Waals surface area contributed by atoms with Crippen LogP contribution in [-0.2, 0) is 23.7 Å². The lowest BCUT2D eigenvalue weighted by atomic mass is 9.78. The number of likely N-dealkylation sites (tertiary alicyclic amines) is 1. The van der Waals surface area contributed by atoms with Crippen molar-refractivity contribution in [2.75, 3.05) is 20.1 Å². The highest BCUT2D eigenvalue weighted by atomic mass is 19.4. The minimum absolute atomic E-state index is 0.000790. The van der Waals surface area contributed by atoms with E-state index in [0.29, 0.717) is 23.3 Å². The first-order valence-electron chi connectivity index (χ1n) is 12.9. The molecule has 2 N–H and O–H groups in total. The Balaban J connectivity index is 1.65. The molecule has 8 nitrogen and oxygen atoms in total. The lowest BCUT2D eigenvalue weighted by molar-refractivity contribution is -0.143. The third kappa shape index (κ3) is 7.14. The van der Waals surface area contributed by atoms with Gasteiger partial charge in [-0.2, -0.15) is 26.3 Å². The monoisotopic (exact) mass is 614 g/mol. The van der Waals surface area contributed by atoms with Crippen LogP contribution in [0.5, 0.6) is 0 Å². The summed E-state index contributed by atoms with van der Waals surface area (Å²) in [5, 5.41) is 0. The van der Waals surface area contributed by atoms with Crippen molar-refractivity contribution in [1.82, 2.24) is 19.8 Å². The van der Waals surface area contributed by atoms with E-state index in [2.05, 4.69) is 4.98 Å². The maximum absolute atomic E-state index is 13.9. The highest BCUT2D eigenvalue weighted by Crippen LogP contribution is 2.38. The Bertz CT molecular complexity index is 1600. The van der Waals surface area contributed by atoms with E-state index in [9.17, 15) is 49.9 Å². The molecule has 0 radical (unpaired) electrons. The quantitative estimate of drug-likeness (QED) is 0.415. The van der Waals surface area contributed by atoms with E-state index in [1.165, 1.54) is 24.1 Å². The Morgan fingerprint density at radius 2 is 1.58 bits per heavy atom. The van der Waals surface area contributed by atoms with Gasteiger partial charge in [0, 0.05) is 44.6 Å². The average molecular weight is 615 g/mol. The molecule has 0 saturated carbocycles. The number of nitrogens with zero attached hydrogens (tertiary/aromatic N) is 2. The fourth-order valence-electron chi connectivity index (χ4n) is 5.30.